The highest BCUT2D eigenvalue weighted by Gasteiger charge is 2.17. The molecule has 0 unspecified atom stereocenters. The van der Waals surface area contributed by atoms with Crippen LogP contribution in [0.25, 0.3) is 0 Å². The lowest BCUT2D eigenvalue weighted by atomic mass is 10.2. The van der Waals surface area contributed by atoms with Gasteiger partial charge < -0.3 is 15.5 Å². The molecule has 1 amide bonds. The first-order chi connectivity index (χ1) is 7.41. The minimum absolute atomic E-state index is 0.0550. The molecule has 0 aliphatic heterocycles. The van der Waals surface area contributed by atoms with Gasteiger partial charge in [-0.2, -0.15) is 0 Å². The molecule has 0 aliphatic carbocycles. The number of phenolic OH excluding ortho intramolecular Hbond substituents is 1. The number of benzene rings is 1. The summed E-state index contributed by atoms with van der Waals surface area (Å²) in [5, 5.41) is 20.5. The van der Waals surface area contributed by atoms with Gasteiger partial charge in [0.25, 0.3) is 5.91 Å². The Balaban J connectivity index is 2.88. The number of carboxylic acid groups (broad SMARTS) is 1. The summed E-state index contributed by atoms with van der Waals surface area (Å²) in [5.41, 5.74) is -0.0550. The van der Waals surface area contributed by atoms with Gasteiger partial charge in [0.2, 0.25) is 0 Å². The van der Waals surface area contributed by atoms with E-state index in [0.29, 0.717) is 0 Å². The highest BCUT2D eigenvalue weighted by atomic mass is 35.5. The highest BCUT2D eigenvalue weighted by molar-refractivity contribution is 6.31. The van der Waals surface area contributed by atoms with Crippen LogP contribution >= 0.6 is 11.6 Å². The monoisotopic (exact) mass is 243 g/mol. The fourth-order valence-corrected chi connectivity index (χ4v) is 1.20. The van der Waals surface area contributed by atoms with Gasteiger partial charge in [0.05, 0.1) is 5.56 Å². The van der Waals surface area contributed by atoms with Crippen LogP contribution in [0.1, 0.15) is 17.3 Å². The van der Waals surface area contributed by atoms with Crippen LogP contribution < -0.4 is 5.32 Å². The molecule has 1 aromatic rings. The van der Waals surface area contributed by atoms with E-state index < -0.39 is 17.9 Å². The predicted octanol–water partition coefficient (Wildman–Crippen LogP) is 1.25. The summed E-state index contributed by atoms with van der Waals surface area (Å²) in [5.74, 6) is -2.09. The van der Waals surface area contributed by atoms with Gasteiger partial charge in [-0.1, -0.05) is 11.6 Å². The van der Waals surface area contributed by atoms with Crippen molar-refractivity contribution in [3.05, 3.63) is 28.8 Å². The molecule has 16 heavy (non-hydrogen) atoms. The van der Waals surface area contributed by atoms with E-state index in [4.69, 9.17) is 16.7 Å². The zero-order valence-electron chi connectivity index (χ0n) is 8.40. The topological polar surface area (TPSA) is 86.6 Å². The Bertz CT molecular complexity index is 433. The summed E-state index contributed by atoms with van der Waals surface area (Å²) >= 11 is 5.65. The zero-order chi connectivity index (χ0) is 12.3. The van der Waals surface area contributed by atoms with Gasteiger partial charge in [-0.25, -0.2) is 0 Å². The van der Waals surface area contributed by atoms with Crippen molar-refractivity contribution in [2.75, 3.05) is 0 Å². The van der Waals surface area contributed by atoms with Crippen molar-refractivity contribution in [2.24, 2.45) is 0 Å². The number of carboxylic acids is 1. The Morgan fingerprint density at radius 3 is 2.62 bits per heavy atom. The molecule has 1 atom stereocenters. The van der Waals surface area contributed by atoms with Gasteiger partial charge in [0.1, 0.15) is 11.8 Å². The minimum atomic E-state index is -1.16. The fourth-order valence-electron chi connectivity index (χ4n) is 1.03. The molecule has 0 aromatic heterocycles. The van der Waals surface area contributed by atoms with Gasteiger partial charge >= 0.3 is 5.97 Å². The number of rotatable bonds is 3. The van der Waals surface area contributed by atoms with Crippen molar-refractivity contribution in [1.82, 2.24) is 5.32 Å². The lowest BCUT2D eigenvalue weighted by molar-refractivity contribution is -0.138. The van der Waals surface area contributed by atoms with E-state index in [9.17, 15) is 14.7 Å². The Labute approximate surface area is 96.7 Å². The summed E-state index contributed by atoms with van der Waals surface area (Å²) in [6.45, 7) is 1.32. The summed E-state index contributed by atoms with van der Waals surface area (Å²) in [7, 11) is 0. The van der Waals surface area contributed by atoms with Crippen LogP contribution in [0.3, 0.4) is 0 Å². The van der Waals surface area contributed by atoms with E-state index >= 15 is 0 Å². The molecular weight excluding hydrogens is 234 g/mol. The van der Waals surface area contributed by atoms with Crippen LogP contribution in [-0.4, -0.2) is 28.1 Å². The van der Waals surface area contributed by atoms with Gasteiger partial charge in [0.15, 0.2) is 0 Å². The first kappa shape index (κ1) is 12.3. The predicted molar refractivity (Wildman–Crippen MR) is 57.7 cm³/mol. The maximum absolute atomic E-state index is 11.5. The van der Waals surface area contributed by atoms with Crippen molar-refractivity contribution >= 4 is 23.5 Å². The molecule has 5 nitrogen and oxygen atoms in total. The van der Waals surface area contributed by atoms with Crippen molar-refractivity contribution < 1.29 is 19.8 Å². The van der Waals surface area contributed by atoms with Gasteiger partial charge in [-0.15, -0.1) is 0 Å². The number of aromatic hydroxyl groups is 1. The van der Waals surface area contributed by atoms with E-state index in [1.807, 2.05) is 0 Å². The van der Waals surface area contributed by atoms with E-state index in [2.05, 4.69) is 5.32 Å². The van der Waals surface area contributed by atoms with Crippen LogP contribution in [0.2, 0.25) is 5.02 Å². The molecule has 0 aliphatic rings. The number of hydrogen-bond acceptors (Lipinski definition) is 3. The molecule has 0 saturated heterocycles. The zero-order valence-corrected chi connectivity index (χ0v) is 9.15. The molecule has 3 N–H and O–H groups in total. The molecule has 86 valence electrons. The number of nitrogens with one attached hydrogen (secondary N) is 1. The molecule has 1 rings (SSSR count). The average Bonchev–Trinajstić information content (AvgIpc) is 2.21. The number of phenols is 1. The lowest BCUT2D eigenvalue weighted by Crippen LogP contribution is -2.38. The largest absolute Gasteiger partial charge is 0.507 e. The Hall–Kier alpha value is -1.75. The second kappa shape index (κ2) is 4.85. The van der Waals surface area contributed by atoms with Crippen molar-refractivity contribution in [1.29, 1.82) is 0 Å². The second-order valence-corrected chi connectivity index (χ2v) is 3.63. The first-order valence-electron chi connectivity index (χ1n) is 4.44. The van der Waals surface area contributed by atoms with E-state index in [1.54, 1.807) is 0 Å². The maximum atomic E-state index is 11.5. The standard InChI is InChI=1S/C10H10ClNO4/c1-5(10(15)16)12-9(14)7-4-6(11)2-3-8(7)13/h2-5,13H,1H3,(H,12,14)(H,15,16)/t5-/m0/s1. The highest BCUT2D eigenvalue weighted by Crippen LogP contribution is 2.21. The molecule has 6 heteroatoms. The number of aliphatic carboxylic acids is 1. The van der Waals surface area contributed by atoms with Crippen molar-refractivity contribution in [2.45, 2.75) is 13.0 Å². The summed E-state index contributed by atoms with van der Waals surface area (Å²) in [4.78, 5) is 22.1. The third kappa shape index (κ3) is 2.87. The van der Waals surface area contributed by atoms with E-state index in [0.717, 1.165) is 0 Å². The van der Waals surface area contributed by atoms with Gasteiger partial charge in [-0.3, -0.25) is 9.59 Å². The molecule has 0 saturated carbocycles. The lowest BCUT2D eigenvalue weighted by Gasteiger charge is -2.10. The molecular formula is C10H10ClNO4. The van der Waals surface area contributed by atoms with Gasteiger partial charge in [-0.05, 0) is 25.1 Å². The maximum Gasteiger partial charge on any atom is 0.325 e. The van der Waals surface area contributed by atoms with E-state index in [-0.39, 0.29) is 16.3 Å². The molecule has 0 fully saturated rings. The molecule has 0 heterocycles. The minimum Gasteiger partial charge on any atom is -0.507 e. The second-order valence-electron chi connectivity index (χ2n) is 3.19. The average molecular weight is 244 g/mol. The third-order valence-corrected chi connectivity index (χ3v) is 2.16. The fraction of sp³-hybridized carbons (Fsp3) is 0.200. The quantitative estimate of drug-likeness (QED) is 0.746. The van der Waals surface area contributed by atoms with Crippen molar-refractivity contribution in [3.8, 4) is 5.75 Å². The number of hydrogen-bond donors (Lipinski definition) is 3. The SMILES string of the molecule is C[C@H](NC(=O)c1cc(Cl)ccc1O)C(=O)O. The van der Waals surface area contributed by atoms with E-state index in [1.165, 1.54) is 25.1 Å². The third-order valence-electron chi connectivity index (χ3n) is 1.92. The Morgan fingerprint density at radius 1 is 1.44 bits per heavy atom. The van der Waals surface area contributed by atoms with Crippen LogP contribution in [0, 0.1) is 0 Å². The molecule has 0 radical (unpaired) electrons. The smallest absolute Gasteiger partial charge is 0.325 e. The summed E-state index contributed by atoms with van der Waals surface area (Å²) in [6.07, 6.45) is 0. The van der Waals surface area contributed by atoms with Gasteiger partial charge in [0, 0.05) is 5.02 Å². The van der Waals surface area contributed by atoms with Crippen molar-refractivity contribution in [3.63, 3.8) is 0 Å². The molecule has 1 aromatic carbocycles. The first-order valence-corrected chi connectivity index (χ1v) is 4.82. The number of halogens is 1. The summed E-state index contributed by atoms with van der Waals surface area (Å²) < 4.78 is 0. The number of carbonyl (C=O) groups is 2. The number of amides is 1. The van der Waals surface area contributed by atoms with Crippen LogP contribution in [0.4, 0.5) is 0 Å². The van der Waals surface area contributed by atoms with Crippen LogP contribution in [0.5, 0.6) is 5.75 Å². The molecule has 0 bridgehead atoms. The summed E-state index contributed by atoms with van der Waals surface area (Å²) in [6, 6.07) is 2.92. The normalized spacial score (nSPS) is 11.9. The Morgan fingerprint density at radius 2 is 2.06 bits per heavy atom. The number of carbonyl (C=O) groups excluding carboxylic acids is 1. The Kier molecular flexibility index (Phi) is 3.73. The molecule has 0 spiro atoms. The van der Waals surface area contributed by atoms with Crippen LogP contribution in [0.15, 0.2) is 18.2 Å². The van der Waals surface area contributed by atoms with Crippen LogP contribution in [-0.2, 0) is 4.79 Å².